The van der Waals surface area contributed by atoms with Gasteiger partial charge >= 0.3 is 0 Å². The third-order valence-corrected chi connectivity index (χ3v) is 7.05. The number of thioether (sulfide) groups is 1. The zero-order chi connectivity index (χ0) is 15.4. The predicted octanol–water partition coefficient (Wildman–Crippen LogP) is 5.06. The zero-order valence-electron chi connectivity index (χ0n) is 13.9. The molecule has 22 heavy (non-hydrogen) atoms. The van der Waals surface area contributed by atoms with Gasteiger partial charge in [-0.1, -0.05) is 44.4 Å². The minimum atomic E-state index is 0.395. The minimum Gasteiger partial charge on any atom is -0.362 e. The van der Waals surface area contributed by atoms with E-state index < -0.39 is 0 Å². The van der Waals surface area contributed by atoms with Crippen molar-refractivity contribution in [2.24, 2.45) is 22.7 Å². The number of amidine groups is 1. The second kappa shape index (κ2) is 8.28. The monoisotopic (exact) mass is 342 g/mol. The number of rotatable bonds is 4. The van der Waals surface area contributed by atoms with Crippen LogP contribution in [0.4, 0.5) is 0 Å². The fraction of sp³-hybridized carbons (Fsp3) is 0.944. The smallest absolute Gasteiger partial charge is 0.156 e. The molecule has 0 aromatic heterocycles. The lowest BCUT2D eigenvalue weighted by atomic mass is 9.75. The Morgan fingerprint density at radius 3 is 2.82 bits per heavy atom. The largest absolute Gasteiger partial charge is 0.362 e. The Labute approximate surface area is 145 Å². The van der Waals surface area contributed by atoms with Crippen molar-refractivity contribution in [3.8, 4) is 0 Å². The van der Waals surface area contributed by atoms with Crippen LogP contribution in [0, 0.1) is 17.8 Å². The van der Waals surface area contributed by atoms with Crippen LogP contribution in [-0.4, -0.2) is 28.9 Å². The van der Waals surface area contributed by atoms with Crippen LogP contribution in [0.1, 0.15) is 64.7 Å². The Balaban J connectivity index is 1.62. The lowest BCUT2D eigenvalue weighted by Gasteiger charge is -2.37. The highest BCUT2D eigenvalue weighted by Crippen LogP contribution is 2.37. The summed E-state index contributed by atoms with van der Waals surface area (Å²) in [5.41, 5.74) is 0. The topological polar surface area (TPSA) is 24.4 Å². The van der Waals surface area contributed by atoms with Crippen LogP contribution < -0.4 is 5.32 Å². The van der Waals surface area contributed by atoms with E-state index in [9.17, 15) is 0 Å². The highest BCUT2D eigenvalue weighted by Gasteiger charge is 2.31. The normalized spacial score (nSPS) is 37.6. The molecule has 5 unspecified atom stereocenters. The van der Waals surface area contributed by atoms with E-state index in [1.165, 1.54) is 63.0 Å². The van der Waals surface area contributed by atoms with Crippen molar-refractivity contribution in [2.75, 3.05) is 12.3 Å². The maximum absolute atomic E-state index is 6.47. The molecule has 0 radical (unpaired) electrons. The van der Waals surface area contributed by atoms with E-state index in [2.05, 4.69) is 17.2 Å². The van der Waals surface area contributed by atoms with Gasteiger partial charge in [-0.2, -0.15) is 0 Å². The maximum atomic E-state index is 6.47. The van der Waals surface area contributed by atoms with Gasteiger partial charge in [0.05, 0.1) is 6.54 Å². The van der Waals surface area contributed by atoms with Crippen molar-refractivity contribution >= 4 is 28.5 Å². The second-order valence-electron chi connectivity index (χ2n) is 7.68. The van der Waals surface area contributed by atoms with Crippen molar-refractivity contribution in [3.63, 3.8) is 0 Å². The van der Waals surface area contributed by atoms with Crippen LogP contribution >= 0.6 is 23.4 Å². The van der Waals surface area contributed by atoms with Gasteiger partial charge in [-0.15, -0.1) is 11.6 Å². The van der Waals surface area contributed by atoms with Crippen LogP contribution in [0.15, 0.2) is 4.99 Å². The van der Waals surface area contributed by atoms with Crippen LogP contribution in [0.2, 0.25) is 0 Å². The van der Waals surface area contributed by atoms with Crippen molar-refractivity contribution in [1.82, 2.24) is 5.32 Å². The van der Waals surface area contributed by atoms with Crippen molar-refractivity contribution in [2.45, 2.75) is 76.1 Å². The van der Waals surface area contributed by atoms with Crippen LogP contribution in [0.3, 0.4) is 0 Å². The fourth-order valence-corrected chi connectivity index (χ4v) is 5.79. The molecule has 126 valence electrons. The van der Waals surface area contributed by atoms with Gasteiger partial charge in [0, 0.05) is 17.2 Å². The van der Waals surface area contributed by atoms with Crippen molar-refractivity contribution in [3.05, 3.63) is 0 Å². The summed E-state index contributed by atoms with van der Waals surface area (Å²) in [5, 5.41) is 5.42. The first-order valence-corrected chi connectivity index (χ1v) is 10.7. The lowest BCUT2D eigenvalue weighted by Crippen LogP contribution is -2.42. The highest BCUT2D eigenvalue weighted by molar-refractivity contribution is 8.14. The molecule has 5 atom stereocenters. The van der Waals surface area contributed by atoms with E-state index in [1.54, 1.807) is 0 Å². The number of nitrogens with one attached hydrogen (secondary N) is 1. The SMILES string of the molecule is CC1CCCC(CC(NC2=NCCS2)C2CCCC(Cl)C2)C1. The zero-order valence-corrected chi connectivity index (χ0v) is 15.5. The Morgan fingerprint density at radius 1 is 1.23 bits per heavy atom. The molecule has 4 heteroatoms. The van der Waals surface area contributed by atoms with Gasteiger partial charge in [-0.05, 0) is 49.9 Å². The van der Waals surface area contributed by atoms with Gasteiger partial charge in [-0.25, -0.2) is 0 Å². The number of alkyl halides is 1. The van der Waals surface area contributed by atoms with Gasteiger partial charge in [0.1, 0.15) is 0 Å². The van der Waals surface area contributed by atoms with Crippen molar-refractivity contribution in [1.29, 1.82) is 0 Å². The minimum absolute atomic E-state index is 0.395. The number of halogens is 1. The summed E-state index contributed by atoms with van der Waals surface area (Å²) in [7, 11) is 0. The Hall–Kier alpha value is 0.110. The first-order chi connectivity index (χ1) is 10.7. The first kappa shape index (κ1) is 17.0. The lowest BCUT2D eigenvalue weighted by molar-refractivity contribution is 0.207. The molecule has 0 amide bonds. The third kappa shape index (κ3) is 4.80. The summed E-state index contributed by atoms with van der Waals surface area (Å²) >= 11 is 8.38. The third-order valence-electron chi connectivity index (χ3n) is 5.75. The highest BCUT2D eigenvalue weighted by atomic mass is 35.5. The predicted molar refractivity (Wildman–Crippen MR) is 99.0 cm³/mol. The van der Waals surface area contributed by atoms with Crippen LogP contribution in [0.5, 0.6) is 0 Å². The van der Waals surface area contributed by atoms with E-state index in [-0.39, 0.29) is 0 Å². The number of nitrogens with zero attached hydrogens (tertiary/aromatic N) is 1. The molecule has 0 aromatic rings. The number of aliphatic imine (C=N–C) groups is 1. The van der Waals surface area contributed by atoms with E-state index in [0.717, 1.165) is 30.1 Å². The summed E-state index contributed by atoms with van der Waals surface area (Å²) in [4.78, 5) is 4.63. The standard InChI is InChI=1S/C18H31ClN2S/c1-13-4-2-5-14(10-13)11-17(21-18-20-8-9-22-18)15-6-3-7-16(19)12-15/h13-17H,2-12H2,1H3,(H,20,21). The molecule has 3 aliphatic rings. The van der Waals surface area contributed by atoms with Crippen LogP contribution in [-0.2, 0) is 0 Å². The molecule has 1 aliphatic heterocycles. The second-order valence-corrected chi connectivity index (χ2v) is 9.38. The molecule has 2 saturated carbocycles. The molecular weight excluding hydrogens is 312 g/mol. The Kier molecular flexibility index (Phi) is 6.38. The molecule has 0 saturated heterocycles. The molecule has 3 rings (SSSR count). The van der Waals surface area contributed by atoms with E-state index in [0.29, 0.717) is 11.4 Å². The fourth-order valence-electron chi connectivity index (χ4n) is 4.61. The van der Waals surface area contributed by atoms with Crippen molar-refractivity contribution < 1.29 is 0 Å². The molecule has 0 bridgehead atoms. The molecule has 2 aliphatic carbocycles. The maximum Gasteiger partial charge on any atom is 0.156 e. The average molecular weight is 343 g/mol. The summed E-state index contributed by atoms with van der Waals surface area (Å²) in [5.74, 6) is 3.73. The summed E-state index contributed by atoms with van der Waals surface area (Å²) in [6.45, 7) is 3.42. The number of hydrogen-bond acceptors (Lipinski definition) is 3. The molecule has 1 N–H and O–H groups in total. The molecule has 0 spiro atoms. The average Bonchev–Trinajstić information content (AvgIpc) is 3.00. The van der Waals surface area contributed by atoms with Gasteiger partial charge in [0.25, 0.3) is 0 Å². The molecule has 1 heterocycles. The first-order valence-electron chi connectivity index (χ1n) is 9.28. The van der Waals surface area contributed by atoms with Gasteiger partial charge in [0.15, 0.2) is 5.17 Å². The summed E-state index contributed by atoms with van der Waals surface area (Å²) in [6, 6.07) is 0.598. The summed E-state index contributed by atoms with van der Waals surface area (Å²) in [6.07, 6.45) is 12.1. The Bertz CT molecular complexity index is 387. The van der Waals surface area contributed by atoms with Gasteiger partial charge in [0.2, 0.25) is 0 Å². The molecule has 2 nitrogen and oxygen atoms in total. The van der Waals surface area contributed by atoms with E-state index in [4.69, 9.17) is 11.6 Å². The number of hydrogen-bond donors (Lipinski definition) is 1. The van der Waals surface area contributed by atoms with E-state index in [1.807, 2.05) is 11.8 Å². The molecular formula is C18H31ClN2S. The summed E-state index contributed by atoms with van der Waals surface area (Å²) < 4.78 is 0. The van der Waals surface area contributed by atoms with Gasteiger partial charge < -0.3 is 5.32 Å². The van der Waals surface area contributed by atoms with Crippen LogP contribution in [0.25, 0.3) is 0 Å². The quantitative estimate of drug-likeness (QED) is 0.722. The van der Waals surface area contributed by atoms with E-state index >= 15 is 0 Å². The molecule has 0 aromatic carbocycles. The van der Waals surface area contributed by atoms with Gasteiger partial charge in [-0.3, -0.25) is 4.99 Å². The molecule has 2 fully saturated rings. The Morgan fingerprint density at radius 2 is 2.09 bits per heavy atom.